The van der Waals surface area contributed by atoms with E-state index in [1.807, 2.05) is 36.5 Å². The first-order valence-electron chi connectivity index (χ1n) is 9.00. The number of halogens is 1. The molecule has 0 bridgehead atoms. The van der Waals surface area contributed by atoms with E-state index < -0.39 is 0 Å². The molecule has 3 aromatic rings. The van der Waals surface area contributed by atoms with E-state index in [2.05, 4.69) is 9.47 Å². The van der Waals surface area contributed by atoms with Crippen LogP contribution in [-0.4, -0.2) is 20.9 Å². The highest BCUT2D eigenvalue weighted by molar-refractivity contribution is 5.35. The molecule has 0 spiro atoms. The van der Waals surface area contributed by atoms with Crippen LogP contribution in [0, 0.1) is 15.9 Å². The summed E-state index contributed by atoms with van der Waals surface area (Å²) in [5, 5.41) is 11.1. The molecule has 2 heterocycles. The topological polar surface area (TPSA) is 51.3 Å². The van der Waals surface area contributed by atoms with Crippen LogP contribution in [-0.2, 0) is 13.1 Å². The normalized spacial score (nSPS) is 17.3. The van der Waals surface area contributed by atoms with Crippen LogP contribution in [0.2, 0.25) is 0 Å². The Bertz CT molecular complexity index is 969. The van der Waals surface area contributed by atoms with Crippen molar-refractivity contribution in [2.75, 3.05) is 6.54 Å². The summed E-state index contributed by atoms with van der Waals surface area (Å²) in [6, 6.07) is 17.3. The summed E-state index contributed by atoms with van der Waals surface area (Å²) in [6.07, 6.45) is 2.96. The number of non-ortho nitro benzene ring substituents is 1. The van der Waals surface area contributed by atoms with Crippen LogP contribution in [0.25, 0.3) is 0 Å². The fourth-order valence-corrected chi connectivity index (χ4v) is 3.87. The summed E-state index contributed by atoms with van der Waals surface area (Å²) >= 11 is 0. The van der Waals surface area contributed by atoms with Gasteiger partial charge in [-0.1, -0.05) is 30.3 Å². The molecule has 2 aromatic carbocycles. The van der Waals surface area contributed by atoms with Crippen LogP contribution >= 0.6 is 0 Å². The fourth-order valence-electron chi connectivity index (χ4n) is 3.87. The molecule has 27 heavy (non-hydrogen) atoms. The minimum atomic E-state index is -0.384. The van der Waals surface area contributed by atoms with Crippen LogP contribution in [0.1, 0.15) is 29.3 Å². The highest BCUT2D eigenvalue weighted by Gasteiger charge is 2.29. The highest BCUT2D eigenvalue weighted by atomic mass is 19.1. The summed E-state index contributed by atoms with van der Waals surface area (Å²) in [5.74, 6) is -0.235. The zero-order valence-electron chi connectivity index (χ0n) is 14.8. The Balaban J connectivity index is 1.75. The van der Waals surface area contributed by atoms with Gasteiger partial charge in [0.25, 0.3) is 5.69 Å². The molecule has 0 radical (unpaired) electrons. The standard InChI is InChI=1S/C21H20FN3O2/c22-19-9-2-1-8-18(19)21-20-10-4-11-23(20)12-5-13-24(21)15-16-6-3-7-17(14-16)25(26)27/h1-4,6-11,14,21H,5,12-13,15H2. The second-order valence-corrected chi connectivity index (χ2v) is 6.80. The Labute approximate surface area is 156 Å². The lowest BCUT2D eigenvalue weighted by Crippen LogP contribution is -2.30. The number of fused-ring (bicyclic) bond motifs is 1. The summed E-state index contributed by atoms with van der Waals surface area (Å²) < 4.78 is 16.8. The van der Waals surface area contributed by atoms with Gasteiger partial charge in [0, 0.05) is 49.2 Å². The highest BCUT2D eigenvalue weighted by Crippen LogP contribution is 2.34. The number of rotatable bonds is 4. The Morgan fingerprint density at radius 1 is 1.07 bits per heavy atom. The minimum Gasteiger partial charge on any atom is -0.350 e. The van der Waals surface area contributed by atoms with Crippen molar-refractivity contribution in [3.8, 4) is 0 Å². The first-order valence-corrected chi connectivity index (χ1v) is 9.00. The number of hydrogen-bond donors (Lipinski definition) is 0. The molecular formula is C21H20FN3O2. The number of aromatic nitrogens is 1. The maximum atomic E-state index is 14.7. The monoisotopic (exact) mass is 365 g/mol. The van der Waals surface area contributed by atoms with Gasteiger partial charge in [-0.2, -0.15) is 0 Å². The average Bonchev–Trinajstić information content (AvgIpc) is 3.05. The minimum absolute atomic E-state index is 0.0770. The average molecular weight is 365 g/mol. The molecule has 1 atom stereocenters. The molecule has 4 rings (SSSR count). The first kappa shape index (κ1) is 17.4. The maximum Gasteiger partial charge on any atom is 0.269 e. The van der Waals surface area contributed by atoms with E-state index >= 15 is 0 Å². The number of nitro groups is 1. The zero-order valence-corrected chi connectivity index (χ0v) is 14.8. The van der Waals surface area contributed by atoms with Crippen molar-refractivity contribution in [1.82, 2.24) is 9.47 Å². The van der Waals surface area contributed by atoms with Gasteiger partial charge in [-0.25, -0.2) is 4.39 Å². The summed E-state index contributed by atoms with van der Waals surface area (Å²) in [6.45, 7) is 2.17. The summed E-state index contributed by atoms with van der Waals surface area (Å²) in [4.78, 5) is 12.9. The molecule has 0 aliphatic carbocycles. The van der Waals surface area contributed by atoms with Gasteiger partial charge in [-0.3, -0.25) is 15.0 Å². The third-order valence-corrected chi connectivity index (χ3v) is 5.06. The van der Waals surface area contributed by atoms with Crippen LogP contribution in [0.5, 0.6) is 0 Å². The van der Waals surface area contributed by atoms with E-state index in [0.717, 1.165) is 30.8 Å². The lowest BCUT2D eigenvalue weighted by molar-refractivity contribution is -0.384. The van der Waals surface area contributed by atoms with Crippen molar-refractivity contribution in [2.24, 2.45) is 0 Å². The number of nitro benzene ring substituents is 1. The third-order valence-electron chi connectivity index (χ3n) is 5.06. The molecule has 1 unspecified atom stereocenters. The molecule has 1 aliphatic rings. The number of benzene rings is 2. The predicted molar refractivity (Wildman–Crippen MR) is 101 cm³/mol. The lowest BCUT2D eigenvalue weighted by atomic mass is 10.0. The number of aryl methyl sites for hydroxylation is 1. The molecule has 0 N–H and O–H groups in total. The van der Waals surface area contributed by atoms with Crippen molar-refractivity contribution in [2.45, 2.75) is 25.6 Å². The van der Waals surface area contributed by atoms with Crippen molar-refractivity contribution < 1.29 is 9.31 Å². The maximum absolute atomic E-state index is 14.7. The largest absolute Gasteiger partial charge is 0.350 e. The van der Waals surface area contributed by atoms with Gasteiger partial charge in [0.1, 0.15) is 5.82 Å². The van der Waals surface area contributed by atoms with Gasteiger partial charge in [-0.15, -0.1) is 0 Å². The van der Waals surface area contributed by atoms with Crippen molar-refractivity contribution >= 4 is 5.69 Å². The molecular weight excluding hydrogens is 345 g/mol. The van der Waals surface area contributed by atoms with Crippen LogP contribution < -0.4 is 0 Å². The van der Waals surface area contributed by atoms with E-state index in [1.54, 1.807) is 18.2 Å². The van der Waals surface area contributed by atoms with E-state index in [0.29, 0.717) is 12.1 Å². The predicted octanol–water partition coefficient (Wildman–Crippen LogP) is 4.53. The van der Waals surface area contributed by atoms with Gasteiger partial charge in [0.2, 0.25) is 0 Å². The van der Waals surface area contributed by atoms with E-state index in [4.69, 9.17) is 0 Å². The first-order chi connectivity index (χ1) is 13.1. The van der Waals surface area contributed by atoms with Gasteiger partial charge in [0.15, 0.2) is 0 Å². The van der Waals surface area contributed by atoms with Gasteiger partial charge < -0.3 is 4.57 Å². The van der Waals surface area contributed by atoms with Crippen LogP contribution in [0.4, 0.5) is 10.1 Å². The molecule has 0 fully saturated rings. The smallest absolute Gasteiger partial charge is 0.269 e. The molecule has 1 aromatic heterocycles. The number of hydrogen-bond acceptors (Lipinski definition) is 3. The SMILES string of the molecule is O=[N+]([O-])c1cccc(CN2CCCn3cccc3C2c2ccccc2F)c1. The molecule has 0 amide bonds. The second-order valence-electron chi connectivity index (χ2n) is 6.80. The summed E-state index contributed by atoms with van der Waals surface area (Å²) in [5.41, 5.74) is 2.60. The van der Waals surface area contributed by atoms with Crippen molar-refractivity contribution in [1.29, 1.82) is 0 Å². The Hall–Kier alpha value is -2.99. The second kappa shape index (κ2) is 7.32. The third kappa shape index (κ3) is 3.48. The zero-order chi connectivity index (χ0) is 18.8. The Morgan fingerprint density at radius 2 is 1.93 bits per heavy atom. The quantitative estimate of drug-likeness (QED) is 0.504. The summed E-state index contributed by atoms with van der Waals surface area (Å²) in [7, 11) is 0. The van der Waals surface area contributed by atoms with Gasteiger partial charge in [0.05, 0.1) is 11.0 Å². The van der Waals surface area contributed by atoms with Crippen LogP contribution in [0.3, 0.4) is 0 Å². The van der Waals surface area contributed by atoms with Gasteiger partial charge >= 0.3 is 0 Å². The number of nitrogens with zero attached hydrogens (tertiary/aromatic N) is 3. The van der Waals surface area contributed by atoms with Crippen molar-refractivity contribution in [3.05, 3.63) is 99.6 Å². The Kier molecular flexibility index (Phi) is 4.73. The van der Waals surface area contributed by atoms with E-state index in [9.17, 15) is 14.5 Å². The molecule has 6 heteroatoms. The molecule has 0 saturated heterocycles. The van der Waals surface area contributed by atoms with Crippen molar-refractivity contribution in [3.63, 3.8) is 0 Å². The fraction of sp³-hybridized carbons (Fsp3) is 0.238. The van der Waals surface area contributed by atoms with E-state index in [1.165, 1.54) is 12.1 Å². The Morgan fingerprint density at radius 3 is 2.74 bits per heavy atom. The molecule has 138 valence electrons. The molecule has 1 aliphatic heterocycles. The molecule has 5 nitrogen and oxygen atoms in total. The molecule has 0 saturated carbocycles. The van der Waals surface area contributed by atoms with Crippen LogP contribution in [0.15, 0.2) is 66.9 Å². The van der Waals surface area contributed by atoms with Gasteiger partial charge in [-0.05, 0) is 30.2 Å². The lowest BCUT2D eigenvalue weighted by Gasteiger charge is -2.30. The van der Waals surface area contributed by atoms with E-state index in [-0.39, 0.29) is 22.5 Å².